The van der Waals surface area contributed by atoms with Crippen LogP contribution in [0.25, 0.3) is 0 Å². The third kappa shape index (κ3) is 0.995. The van der Waals surface area contributed by atoms with Gasteiger partial charge in [-0.1, -0.05) is 0 Å². The van der Waals surface area contributed by atoms with Gasteiger partial charge in [0.25, 0.3) is 5.92 Å². The van der Waals surface area contributed by atoms with Crippen molar-refractivity contribution in [1.82, 2.24) is 4.90 Å². The second-order valence-electron chi connectivity index (χ2n) is 3.71. The van der Waals surface area contributed by atoms with Gasteiger partial charge in [-0.3, -0.25) is 9.69 Å². The monoisotopic (exact) mass is 191 g/mol. The van der Waals surface area contributed by atoms with Gasteiger partial charge in [-0.25, -0.2) is 8.78 Å². The standard InChI is InChI=1S/C8H11F2NO2/c1-11-3-4-5(8(4,9)10)6(11)7(12)13-2/h4-6H,3H2,1-2H3/t4-,5-,6-/m0/s1. The molecule has 5 heteroatoms. The number of carbonyl (C=O) groups excluding carboxylic acids is 1. The number of halogens is 2. The van der Waals surface area contributed by atoms with E-state index >= 15 is 0 Å². The Bertz CT molecular complexity index is 257. The molecule has 1 saturated carbocycles. The lowest BCUT2D eigenvalue weighted by molar-refractivity contribution is -0.148. The van der Waals surface area contributed by atoms with Crippen LogP contribution in [0.2, 0.25) is 0 Å². The molecule has 2 fully saturated rings. The van der Waals surface area contributed by atoms with Crippen molar-refractivity contribution in [3.8, 4) is 0 Å². The van der Waals surface area contributed by atoms with Gasteiger partial charge in [0.2, 0.25) is 0 Å². The van der Waals surface area contributed by atoms with Crippen molar-refractivity contribution in [1.29, 1.82) is 0 Å². The number of alkyl halides is 2. The summed E-state index contributed by atoms with van der Waals surface area (Å²) in [5.41, 5.74) is 0. The average Bonchev–Trinajstić information content (AvgIpc) is 2.48. The number of carbonyl (C=O) groups is 1. The predicted octanol–water partition coefficient (Wildman–Crippen LogP) is 0.355. The summed E-state index contributed by atoms with van der Waals surface area (Å²) in [6.45, 7) is 0.289. The second-order valence-corrected chi connectivity index (χ2v) is 3.71. The van der Waals surface area contributed by atoms with Gasteiger partial charge in [-0.2, -0.15) is 0 Å². The molecule has 0 N–H and O–H groups in total. The largest absolute Gasteiger partial charge is 0.468 e. The van der Waals surface area contributed by atoms with Crippen molar-refractivity contribution in [3.05, 3.63) is 0 Å². The normalized spacial score (nSPS) is 41.4. The van der Waals surface area contributed by atoms with Crippen LogP contribution in [-0.4, -0.2) is 43.5 Å². The van der Waals surface area contributed by atoms with Gasteiger partial charge in [-0.15, -0.1) is 0 Å². The Labute approximate surface area is 74.6 Å². The Morgan fingerprint density at radius 1 is 1.62 bits per heavy atom. The number of rotatable bonds is 1. The third-order valence-electron chi connectivity index (χ3n) is 3.01. The van der Waals surface area contributed by atoms with Crippen LogP contribution >= 0.6 is 0 Å². The van der Waals surface area contributed by atoms with Gasteiger partial charge in [0.15, 0.2) is 0 Å². The van der Waals surface area contributed by atoms with Crippen LogP contribution in [-0.2, 0) is 9.53 Å². The van der Waals surface area contributed by atoms with E-state index in [2.05, 4.69) is 4.74 Å². The van der Waals surface area contributed by atoms with E-state index in [-0.39, 0.29) is 6.54 Å². The van der Waals surface area contributed by atoms with Crippen LogP contribution in [0.15, 0.2) is 0 Å². The van der Waals surface area contributed by atoms with Crippen LogP contribution in [0.3, 0.4) is 0 Å². The molecule has 2 rings (SSSR count). The van der Waals surface area contributed by atoms with Gasteiger partial charge in [0, 0.05) is 12.5 Å². The third-order valence-corrected chi connectivity index (χ3v) is 3.01. The van der Waals surface area contributed by atoms with Crippen molar-refractivity contribution in [2.45, 2.75) is 12.0 Å². The number of fused-ring (bicyclic) bond motifs is 1. The second kappa shape index (κ2) is 2.41. The average molecular weight is 191 g/mol. The van der Waals surface area contributed by atoms with Gasteiger partial charge in [0.1, 0.15) is 6.04 Å². The number of methoxy groups -OCH3 is 1. The summed E-state index contributed by atoms with van der Waals surface area (Å²) < 4.78 is 30.3. The summed E-state index contributed by atoms with van der Waals surface area (Å²) in [5.74, 6) is -4.65. The van der Waals surface area contributed by atoms with Crippen LogP contribution in [0.4, 0.5) is 8.78 Å². The molecule has 1 aliphatic carbocycles. The summed E-state index contributed by atoms with van der Waals surface area (Å²) >= 11 is 0. The Kier molecular flexibility index (Phi) is 1.64. The number of piperidine rings is 1. The fourth-order valence-electron chi connectivity index (χ4n) is 2.23. The molecule has 0 radical (unpaired) electrons. The van der Waals surface area contributed by atoms with E-state index in [9.17, 15) is 13.6 Å². The van der Waals surface area contributed by atoms with Crippen molar-refractivity contribution in [2.75, 3.05) is 20.7 Å². The first-order chi connectivity index (χ1) is 6.00. The van der Waals surface area contributed by atoms with E-state index in [0.717, 1.165) is 0 Å². The first-order valence-electron chi connectivity index (χ1n) is 4.16. The molecule has 0 aromatic heterocycles. The fraction of sp³-hybridized carbons (Fsp3) is 0.875. The molecule has 0 spiro atoms. The van der Waals surface area contributed by atoms with E-state index in [0.29, 0.717) is 0 Å². The Morgan fingerprint density at radius 3 is 2.69 bits per heavy atom. The smallest absolute Gasteiger partial charge is 0.323 e. The highest BCUT2D eigenvalue weighted by atomic mass is 19.3. The van der Waals surface area contributed by atoms with Crippen molar-refractivity contribution in [2.24, 2.45) is 11.8 Å². The van der Waals surface area contributed by atoms with Gasteiger partial charge in [-0.05, 0) is 7.05 Å². The molecule has 74 valence electrons. The molecule has 0 aromatic rings. The Morgan fingerprint density at radius 2 is 2.23 bits per heavy atom. The first-order valence-corrected chi connectivity index (χ1v) is 4.16. The van der Waals surface area contributed by atoms with Crippen LogP contribution in [0.1, 0.15) is 0 Å². The molecular weight excluding hydrogens is 180 g/mol. The quantitative estimate of drug-likeness (QED) is 0.560. The zero-order chi connectivity index (χ0) is 9.80. The lowest BCUT2D eigenvalue weighted by atomic mass is 10.2. The van der Waals surface area contributed by atoms with Gasteiger partial charge in [0.05, 0.1) is 13.0 Å². The summed E-state index contributed by atoms with van der Waals surface area (Å²) in [5, 5.41) is 0. The maximum absolute atomic E-state index is 12.9. The van der Waals surface area contributed by atoms with E-state index in [1.807, 2.05) is 0 Å². The highest BCUT2D eigenvalue weighted by Crippen LogP contribution is 2.61. The Hall–Kier alpha value is -0.710. The van der Waals surface area contributed by atoms with Gasteiger partial charge >= 0.3 is 5.97 Å². The van der Waals surface area contributed by atoms with Crippen molar-refractivity contribution >= 4 is 5.97 Å². The number of esters is 1. The molecular formula is C8H11F2NO2. The minimum Gasteiger partial charge on any atom is -0.468 e. The predicted molar refractivity (Wildman–Crippen MR) is 40.4 cm³/mol. The molecule has 2 aliphatic rings. The molecule has 0 unspecified atom stereocenters. The topological polar surface area (TPSA) is 29.5 Å². The number of nitrogens with zero attached hydrogens (tertiary/aromatic N) is 1. The van der Waals surface area contributed by atoms with Crippen molar-refractivity contribution in [3.63, 3.8) is 0 Å². The molecule has 1 saturated heterocycles. The number of likely N-dealkylation sites (tertiary alicyclic amines) is 1. The summed E-state index contributed by atoms with van der Waals surface area (Å²) in [6.07, 6.45) is 0. The lowest BCUT2D eigenvalue weighted by Gasteiger charge is -2.21. The zero-order valence-corrected chi connectivity index (χ0v) is 7.46. The maximum atomic E-state index is 12.9. The lowest BCUT2D eigenvalue weighted by Crippen LogP contribution is -2.40. The van der Waals surface area contributed by atoms with E-state index < -0.39 is 29.8 Å². The van der Waals surface area contributed by atoms with E-state index in [4.69, 9.17) is 0 Å². The van der Waals surface area contributed by atoms with Crippen molar-refractivity contribution < 1.29 is 18.3 Å². The van der Waals surface area contributed by atoms with Gasteiger partial charge < -0.3 is 4.74 Å². The molecule has 1 heterocycles. The first kappa shape index (κ1) is 8.87. The highest BCUT2D eigenvalue weighted by molar-refractivity contribution is 5.77. The zero-order valence-electron chi connectivity index (χ0n) is 7.46. The number of ether oxygens (including phenoxy) is 1. The summed E-state index contributed by atoms with van der Waals surface area (Å²) in [4.78, 5) is 12.8. The fourth-order valence-corrected chi connectivity index (χ4v) is 2.23. The molecule has 3 atom stereocenters. The molecule has 3 nitrogen and oxygen atoms in total. The van der Waals surface area contributed by atoms with Crippen LogP contribution in [0.5, 0.6) is 0 Å². The molecule has 13 heavy (non-hydrogen) atoms. The number of hydrogen-bond acceptors (Lipinski definition) is 3. The van der Waals surface area contributed by atoms with E-state index in [1.54, 1.807) is 11.9 Å². The maximum Gasteiger partial charge on any atom is 0.323 e. The SMILES string of the molecule is COC(=O)[C@@H]1[C@@H]2[C@H](CN1C)C2(F)F. The summed E-state index contributed by atoms with van der Waals surface area (Å²) in [6, 6.07) is -0.745. The minimum absolute atomic E-state index is 0.289. The minimum atomic E-state index is -2.65. The van der Waals surface area contributed by atoms with E-state index in [1.165, 1.54) is 7.11 Å². The Balaban J connectivity index is 2.15. The van der Waals surface area contributed by atoms with Crippen LogP contribution in [0, 0.1) is 11.8 Å². The van der Waals surface area contributed by atoms with Crippen LogP contribution < -0.4 is 0 Å². The number of hydrogen-bond donors (Lipinski definition) is 0. The number of likely N-dealkylation sites (N-methyl/N-ethyl adjacent to an activating group) is 1. The molecule has 0 aromatic carbocycles. The molecule has 0 bridgehead atoms. The summed E-state index contributed by atoms with van der Waals surface area (Å²) in [7, 11) is 2.90. The molecule has 1 aliphatic heterocycles. The molecule has 0 amide bonds. The highest BCUT2D eigenvalue weighted by Gasteiger charge is 2.76.